The van der Waals surface area contributed by atoms with Gasteiger partial charge in [0, 0.05) is 23.8 Å². The molecule has 0 aromatic heterocycles. The highest BCUT2D eigenvalue weighted by atomic mass is 16.3. The average Bonchev–Trinajstić information content (AvgIpc) is 2.41. The van der Waals surface area contributed by atoms with Crippen LogP contribution in [0.15, 0.2) is 12.1 Å². The van der Waals surface area contributed by atoms with E-state index >= 15 is 0 Å². The lowest BCUT2D eigenvalue weighted by atomic mass is 9.49. The molecule has 1 aromatic rings. The van der Waals surface area contributed by atoms with Crippen LogP contribution in [-0.2, 0) is 10.2 Å². The van der Waals surface area contributed by atoms with Crippen LogP contribution in [-0.4, -0.2) is 16.7 Å². The van der Waals surface area contributed by atoms with Gasteiger partial charge in [0.1, 0.15) is 11.5 Å². The zero-order chi connectivity index (χ0) is 15.6. The van der Waals surface area contributed by atoms with Gasteiger partial charge >= 0.3 is 0 Å². The summed E-state index contributed by atoms with van der Waals surface area (Å²) >= 11 is 0. The number of aryl methyl sites for hydroxylation is 1. The molecule has 21 heavy (non-hydrogen) atoms. The monoisotopic (exact) mass is 286 g/mol. The van der Waals surface area contributed by atoms with Crippen molar-refractivity contribution in [2.75, 3.05) is 0 Å². The van der Waals surface area contributed by atoms with E-state index in [9.17, 15) is 14.7 Å². The molecule has 2 aliphatic rings. The van der Waals surface area contributed by atoms with Gasteiger partial charge < -0.3 is 5.11 Å². The Balaban J connectivity index is 2.24. The van der Waals surface area contributed by atoms with Crippen LogP contribution in [0, 0.1) is 18.3 Å². The zero-order valence-electron chi connectivity index (χ0n) is 13.1. The number of phenolic OH excluding ortho intramolecular Hbond substituents is 1. The first-order valence-corrected chi connectivity index (χ1v) is 7.58. The molecule has 1 aromatic carbocycles. The van der Waals surface area contributed by atoms with Crippen molar-refractivity contribution in [2.45, 2.75) is 52.4 Å². The number of hydrogen-bond donors (Lipinski definition) is 1. The third kappa shape index (κ3) is 1.79. The normalized spacial score (nSPS) is 30.8. The SMILES string of the molecule is Cc1cc2c(cc1O)[C@@]1(C)CCC(=O)C(C)(C)[C@@H]1CC2=O. The summed E-state index contributed by atoms with van der Waals surface area (Å²) in [6.45, 7) is 7.88. The fourth-order valence-electron chi connectivity index (χ4n) is 4.36. The fourth-order valence-corrected chi connectivity index (χ4v) is 4.36. The third-order valence-electron chi connectivity index (χ3n) is 5.87. The van der Waals surface area contributed by atoms with Gasteiger partial charge in [-0.15, -0.1) is 0 Å². The number of Topliss-reactive ketones (excluding diaryl/α,β-unsaturated/α-hetero) is 2. The molecular formula is C18H22O3. The summed E-state index contributed by atoms with van der Waals surface area (Å²) in [5, 5.41) is 10.1. The number of carbonyl (C=O) groups is 2. The summed E-state index contributed by atoms with van der Waals surface area (Å²) in [4.78, 5) is 24.8. The Morgan fingerprint density at radius 1 is 1.19 bits per heavy atom. The first kappa shape index (κ1) is 14.3. The first-order valence-electron chi connectivity index (χ1n) is 7.58. The van der Waals surface area contributed by atoms with Crippen LogP contribution in [0.5, 0.6) is 5.75 Å². The molecule has 3 rings (SSSR count). The van der Waals surface area contributed by atoms with Crippen molar-refractivity contribution >= 4 is 11.6 Å². The van der Waals surface area contributed by atoms with Crippen molar-refractivity contribution < 1.29 is 14.7 Å². The minimum atomic E-state index is -0.485. The van der Waals surface area contributed by atoms with Gasteiger partial charge in [-0.2, -0.15) is 0 Å². The van der Waals surface area contributed by atoms with Gasteiger partial charge in [-0.05, 0) is 47.9 Å². The van der Waals surface area contributed by atoms with E-state index in [0.717, 1.165) is 23.1 Å². The van der Waals surface area contributed by atoms with Crippen molar-refractivity contribution in [2.24, 2.45) is 11.3 Å². The Labute approximate surface area is 125 Å². The van der Waals surface area contributed by atoms with E-state index in [4.69, 9.17) is 0 Å². The van der Waals surface area contributed by atoms with Gasteiger partial charge in [-0.25, -0.2) is 0 Å². The van der Waals surface area contributed by atoms with Crippen LogP contribution >= 0.6 is 0 Å². The summed E-state index contributed by atoms with van der Waals surface area (Å²) in [6.07, 6.45) is 1.72. The number of hydrogen-bond acceptors (Lipinski definition) is 3. The van der Waals surface area contributed by atoms with Crippen LogP contribution in [0.25, 0.3) is 0 Å². The number of ketones is 2. The number of fused-ring (bicyclic) bond motifs is 3. The maximum Gasteiger partial charge on any atom is 0.163 e. The van der Waals surface area contributed by atoms with Crippen molar-refractivity contribution in [1.82, 2.24) is 0 Å². The Morgan fingerprint density at radius 2 is 1.86 bits per heavy atom. The highest BCUT2D eigenvalue weighted by Gasteiger charge is 2.55. The van der Waals surface area contributed by atoms with E-state index in [1.54, 1.807) is 12.1 Å². The summed E-state index contributed by atoms with van der Waals surface area (Å²) in [6, 6.07) is 3.55. The molecule has 0 amide bonds. The van der Waals surface area contributed by atoms with Crippen LogP contribution in [0.4, 0.5) is 0 Å². The zero-order valence-corrected chi connectivity index (χ0v) is 13.1. The van der Waals surface area contributed by atoms with Gasteiger partial charge in [-0.3, -0.25) is 9.59 Å². The molecule has 1 saturated carbocycles. The number of phenols is 1. The molecule has 0 unspecified atom stereocenters. The molecule has 0 heterocycles. The smallest absolute Gasteiger partial charge is 0.163 e. The van der Waals surface area contributed by atoms with E-state index in [-0.39, 0.29) is 28.6 Å². The quantitative estimate of drug-likeness (QED) is 0.793. The molecule has 0 spiro atoms. The van der Waals surface area contributed by atoms with E-state index in [1.165, 1.54) is 0 Å². The lowest BCUT2D eigenvalue weighted by Crippen LogP contribution is -2.53. The van der Waals surface area contributed by atoms with Crippen LogP contribution in [0.2, 0.25) is 0 Å². The van der Waals surface area contributed by atoms with Gasteiger partial charge in [0.15, 0.2) is 5.78 Å². The van der Waals surface area contributed by atoms with Crippen molar-refractivity contribution in [3.63, 3.8) is 0 Å². The average molecular weight is 286 g/mol. The van der Waals surface area contributed by atoms with Crippen LogP contribution in [0.3, 0.4) is 0 Å². The lowest BCUT2D eigenvalue weighted by Gasteiger charge is -2.52. The van der Waals surface area contributed by atoms with Crippen molar-refractivity contribution in [1.29, 1.82) is 0 Å². The highest BCUT2D eigenvalue weighted by Crippen LogP contribution is 2.56. The predicted octanol–water partition coefficient (Wildman–Crippen LogP) is 3.55. The maximum atomic E-state index is 12.5. The third-order valence-corrected chi connectivity index (χ3v) is 5.87. The van der Waals surface area contributed by atoms with Crippen LogP contribution in [0.1, 0.15) is 61.5 Å². The van der Waals surface area contributed by atoms with Gasteiger partial charge in [-0.1, -0.05) is 20.8 Å². The predicted molar refractivity (Wildman–Crippen MR) is 80.7 cm³/mol. The minimum Gasteiger partial charge on any atom is -0.508 e. The number of rotatable bonds is 0. The maximum absolute atomic E-state index is 12.5. The lowest BCUT2D eigenvalue weighted by molar-refractivity contribution is -0.136. The minimum absolute atomic E-state index is 0.00774. The molecule has 0 aliphatic heterocycles. The standard InChI is InChI=1S/C18H22O3/c1-10-7-11-12(8-13(10)19)18(4)6-5-16(21)17(2,3)15(18)9-14(11)20/h7-8,15,19H,5-6,9H2,1-4H3/t15-,18+/m0/s1. The summed E-state index contributed by atoms with van der Waals surface area (Å²) < 4.78 is 0. The Bertz CT molecular complexity index is 657. The molecule has 2 aliphatic carbocycles. The highest BCUT2D eigenvalue weighted by molar-refractivity contribution is 6.01. The Hall–Kier alpha value is -1.64. The molecule has 1 fully saturated rings. The molecule has 1 N–H and O–H groups in total. The topological polar surface area (TPSA) is 54.4 Å². The molecule has 112 valence electrons. The van der Waals surface area contributed by atoms with Crippen molar-refractivity contribution in [3.05, 3.63) is 28.8 Å². The molecule has 0 bridgehead atoms. The van der Waals surface area contributed by atoms with Gasteiger partial charge in [0.25, 0.3) is 0 Å². The molecule has 0 radical (unpaired) electrons. The molecule has 2 atom stereocenters. The number of benzene rings is 1. The second-order valence-corrected chi connectivity index (χ2v) is 7.43. The largest absolute Gasteiger partial charge is 0.508 e. The summed E-state index contributed by atoms with van der Waals surface area (Å²) in [7, 11) is 0. The summed E-state index contributed by atoms with van der Waals surface area (Å²) in [5.41, 5.74) is 1.68. The number of carbonyl (C=O) groups excluding carboxylic acids is 2. The Kier molecular flexibility index (Phi) is 2.85. The van der Waals surface area contributed by atoms with E-state index in [2.05, 4.69) is 6.92 Å². The van der Waals surface area contributed by atoms with Crippen LogP contribution < -0.4 is 0 Å². The fraction of sp³-hybridized carbons (Fsp3) is 0.556. The molecule has 3 heteroatoms. The number of aromatic hydroxyl groups is 1. The molecular weight excluding hydrogens is 264 g/mol. The van der Waals surface area contributed by atoms with E-state index in [0.29, 0.717) is 12.8 Å². The van der Waals surface area contributed by atoms with Gasteiger partial charge in [0.05, 0.1) is 0 Å². The van der Waals surface area contributed by atoms with Crippen molar-refractivity contribution in [3.8, 4) is 5.75 Å². The molecule has 3 nitrogen and oxygen atoms in total. The Morgan fingerprint density at radius 3 is 2.52 bits per heavy atom. The molecule has 0 saturated heterocycles. The van der Waals surface area contributed by atoms with E-state index in [1.807, 2.05) is 20.8 Å². The first-order chi connectivity index (χ1) is 9.68. The second kappa shape index (κ2) is 4.19. The van der Waals surface area contributed by atoms with Gasteiger partial charge in [0.2, 0.25) is 0 Å². The second-order valence-electron chi connectivity index (χ2n) is 7.43. The summed E-state index contributed by atoms with van der Waals surface area (Å²) in [5.74, 6) is 0.586. The van der Waals surface area contributed by atoms with E-state index < -0.39 is 5.41 Å².